The first-order chi connectivity index (χ1) is 20.1. The van der Waals surface area contributed by atoms with Crippen molar-refractivity contribution in [2.24, 2.45) is 0 Å². The number of hydrogen-bond donors (Lipinski definition) is 2. The predicted molar refractivity (Wildman–Crippen MR) is 174 cm³/mol. The summed E-state index contributed by atoms with van der Waals surface area (Å²) in [5.41, 5.74) is 4.24. The van der Waals surface area contributed by atoms with Crippen LogP contribution >= 0.6 is 0 Å². The highest BCUT2D eigenvalue weighted by Crippen LogP contribution is 2.46. The minimum Gasteiger partial charge on any atom is -0.363 e. The van der Waals surface area contributed by atoms with E-state index in [4.69, 9.17) is 0 Å². The number of benzene rings is 2. The van der Waals surface area contributed by atoms with Crippen LogP contribution in [0.5, 0.6) is 0 Å². The van der Waals surface area contributed by atoms with E-state index in [0.717, 1.165) is 22.2 Å². The molecule has 0 atom stereocenters. The topological polar surface area (TPSA) is 139 Å². The van der Waals surface area contributed by atoms with Crippen molar-refractivity contribution in [3.05, 3.63) is 74.8 Å². The van der Waals surface area contributed by atoms with Gasteiger partial charge in [-0.3, -0.25) is 9.11 Å². The molecule has 0 fully saturated rings. The van der Waals surface area contributed by atoms with Crippen molar-refractivity contribution in [2.45, 2.75) is 71.9 Å². The maximum atomic E-state index is 12.1. The van der Waals surface area contributed by atoms with Crippen LogP contribution in [0.4, 0.5) is 5.69 Å². The molecule has 9 nitrogen and oxygen atoms in total. The Bertz CT molecular complexity index is 2080. The third kappa shape index (κ3) is 5.21. The van der Waals surface area contributed by atoms with Crippen molar-refractivity contribution < 1.29 is 25.9 Å². The summed E-state index contributed by atoms with van der Waals surface area (Å²) in [6, 6.07) is 10.2. The number of fused-ring (bicyclic) bond motifs is 4. The summed E-state index contributed by atoms with van der Waals surface area (Å²) < 4.78 is 70.2. The van der Waals surface area contributed by atoms with Gasteiger partial charge < -0.3 is 4.90 Å². The number of nitriles is 1. The fraction of sp³-hybridized carbons (Fsp3) is 0.455. The Balaban J connectivity index is 1.92. The standard InChI is InChI=1S/C33H39N3O6S2/c1-9-35-29-13-27-24(11-22(29)20(15-31(35,3)4)18-43(37,38)39)26(17-34)25-12-23-21(19-44(40,41)42)16-32(5,6)36(10-2)30(23)14-28(25)33(27,7)8/h11-16H,9-10,18-19H2,1-8H3,(H-,37,38,39,40,41,42)/p+1. The van der Waals surface area contributed by atoms with Gasteiger partial charge in [0.2, 0.25) is 5.36 Å². The molecule has 0 saturated heterocycles. The predicted octanol–water partition coefficient (Wildman–Crippen LogP) is 3.51. The smallest absolute Gasteiger partial charge is 0.269 e. The number of nitrogens with zero attached hydrogens (tertiary/aromatic N) is 3. The van der Waals surface area contributed by atoms with Gasteiger partial charge >= 0.3 is 0 Å². The van der Waals surface area contributed by atoms with Crippen LogP contribution in [0.25, 0.3) is 16.7 Å². The van der Waals surface area contributed by atoms with Gasteiger partial charge in [0.15, 0.2) is 5.54 Å². The number of likely N-dealkylation sites (N-methyl/N-ethyl adjacent to an activating group) is 2. The Morgan fingerprint density at radius 3 is 1.93 bits per heavy atom. The van der Waals surface area contributed by atoms with Gasteiger partial charge in [0.05, 0.1) is 16.7 Å². The first-order valence-corrected chi connectivity index (χ1v) is 17.9. The van der Waals surface area contributed by atoms with E-state index in [0.29, 0.717) is 51.7 Å². The molecule has 2 aromatic rings. The minimum absolute atomic E-state index is 0.387. The third-order valence-corrected chi connectivity index (χ3v) is 10.6. The fourth-order valence-electron chi connectivity index (χ4n) is 7.57. The Morgan fingerprint density at radius 1 is 0.818 bits per heavy atom. The van der Waals surface area contributed by atoms with Crippen LogP contribution in [-0.2, 0) is 25.7 Å². The molecular formula is C33H40N3O6S2+. The zero-order chi connectivity index (χ0) is 32.8. The molecule has 234 valence electrons. The van der Waals surface area contributed by atoms with Crippen molar-refractivity contribution in [1.82, 2.24) is 4.58 Å². The molecule has 11 heteroatoms. The van der Waals surface area contributed by atoms with Gasteiger partial charge in [0.1, 0.15) is 24.1 Å². The van der Waals surface area contributed by atoms with Crippen molar-refractivity contribution in [2.75, 3.05) is 29.5 Å². The van der Waals surface area contributed by atoms with Gasteiger partial charge in [-0.15, -0.1) is 0 Å². The largest absolute Gasteiger partial charge is 0.363 e. The molecule has 0 radical (unpaired) electrons. The quantitative estimate of drug-likeness (QED) is 0.362. The average Bonchev–Trinajstić information content (AvgIpc) is 2.86. The van der Waals surface area contributed by atoms with Crippen LogP contribution in [0.1, 0.15) is 83.2 Å². The van der Waals surface area contributed by atoms with Gasteiger partial charge in [-0.05, 0) is 85.0 Å². The molecule has 0 spiro atoms. The highest BCUT2D eigenvalue weighted by Gasteiger charge is 2.41. The van der Waals surface area contributed by atoms with Crippen LogP contribution in [0, 0.1) is 11.3 Å². The van der Waals surface area contributed by atoms with Crippen LogP contribution in [0.2, 0.25) is 0 Å². The zero-order valence-electron chi connectivity index (χ0n) is 26.5. The van der Waals surface area contributed by atoms with E-state index in [1.165, 1.54) is 0 Å². The van der Waals surface area contributed by atoms with Crippen LogP contribution < -0.4 is 20.1 Å². The second kappa shape index (κ2) is 10.1. The summed E-state index contributed by atoms with van der Waals surface area (Å²) in [6.45, 7) is 17.6. The molecule has 0 bridgehead atoms. The van der Waals surface area contributed by atoms with E-state index in [2.05, 4.69) is 41.5 Å². The van der Waals surface area contributed by atoms with Crippen LogP contribution in [0.3, 0.4) is 0 Å². The lowest BCUT2D eigenvalue weighted by molar-refractivity contribution is 0.401. The molecule has 5 rings (SSSR count). The van der Waals surface area contributed by atoms with Gasteiger partial charge in [-0.2, -0.15) is 22.1 Å². The summed E-state index contributed by atoms with van der Waals surface area (Å²) in [7, 11) is -8.68. The Morgan fingerprint density at radius 2 is 1.41 bits per heavy atom. The summed E-state index contributed by atoms with van der Waals surface area (Å²) in [6.07, 6.45) is 3.72. The van der Waals surface area contributed by atoms with Crippen molar-refractivity contribution in [1.29, 1.82) is 5.26 Å². The van der Waals surface area contributed by atoms with Gasteiger partial charge in [-0.25, -0.2) is 4.58 Å². The zero-order valence-corrected chi connectivity index (χ0v) is 28.1. The molecule has 0 aromatic heterocycles. The molecule has 2 N–H and O–H groups in total. The molecule has 44 heavy (non-hydrogen) atoms. The van der Waals surface area contributed by atoms with Crippen LogP contribution in [-0.4, -0.2) is 61.6 Å². The number of hydrogen-bond acceptors (Lipinski definition) is 6. The van der Waals surface area contributed by atoms with Crippen molar-refractivity contribution >= 4 is 42.6 Å². The molecule has 2 aliphatic heterocycles. The summed E-state index contributed by atoms with van der Waals surface area (Å²) in [4.78, 5) is 2.19. The number of rotatable bonds is 6. The molecular weight excluding hydrogens is 599 g/mol. The van der Waals surface area contributed by atoms with E-state index in [-0.39, 0.29) is 0 Å². The van der Waals surface area contributed by atoms with Gasteiger partial charge in [0.25, 0.3) is 20.2 Å². The molecule has 0 amide bonds. The minimum atomic E-state index is -4.34. The lowest BCUT2D eigenvalue weighted by atomic mass is 9.68. The Hall–Kier alpha value is -3.30. The maximum Gasteiger partial charge on any atom is 0.269 e. The molecule has 2 aromatic carbocycles. The summed E-state index contributed by atoms with van der Waals surface area (Å²) >= 11 is 0. The molecule has 0 unspecified atom stereocenters. The SMILES string of the molecule is CCN1c2cc3c(cc2C(CS(=O)(=O)O)=CC1(C)C)C(C#N)=c1cc2c(cc1C3(C)C)=[N+](CC)C(C)(C)C=C2CS(=O)(=O)O. The Labute approximate surface area is 260 Å². The molecule has 3 aliphatic rings. The van der Waals surface area contributed by atoms with E-state index < -0.39 is 48.2 Å². The number of anilines is 1. The van der Waals surface area contributed by atoms with Crippen molar-refractivity contribution in [3.63, 3.8) is 0 Å². The first-order valence-electron chi connectivity index (χ1n) is 14.7. The Kier molecular flexibility index (Phi) is 7.37. The van der Waals surface area contributed by atoms with Crippen molar-refractivity contribution in [3.8, 4) is 6.07 Å². The second-order valence-electron chi connectivity index (χ2n) is 13.5. The highest BCUT2D eigenvalue weighted by atomic mass is 32.2. The summed E-state index contributed by atoms with van der Waals surface area (Å²) in [5.74, 6) is -1.11. The first kappa shape index (κ1) is 32.1. The van der Waals surface area contributed by atoms with E-state index >= 15 is 0 Å². The van der Waals surface area contributed by atoms with Gasteiger partial charge in [-0.1, -0.05) is 19.9 Å². The van der Waals surface area contributed by atoms with E-state index in [1.54, 1.807) is 0 Å². The normalized spacial score (nSPS) is 19.6. The molecule has 0 saturated carbocycles. The van der Waals surface area contributed by atoms with E-state index in [9.17, 15) is 31.2 Å². The average molecular weight is 639 g/mol. The fourth-order valence-corrected chi connectivity index (χ4v) is 8.83. The lowest BCUT2D eigenvalue weighted by Gasteiger charge is -2.44. The van der Waals surface area contributed by atoms with Gasteiger partial charge in [0, 0.05) is 43.1 Å². The molecule has 1 aliphatic carbocycles. The monoisotopic (exact) mass is 638 g/mol. The lowest BCUT2D eigenvalue weighted by Crippen LogP contribution is -2.51. The van der Waals surface area contributed by atoms with Crippen LogP contribution in [0.15, 0.2) is 36.4 Å². The second-order valence-corrected chi connectivity index (χ2v) is 16.4. The molecule has 2 heterocycles. The maximum absolute atomic E-state index is 12.1. The third-order valence-electron chi connectivity index (χ3n) is 9.30. The van der Waals surface area contributed by atoms with E-state index in [1.807, 2.05) is 65.8 Å². The summed E-state index contributed by atoms with van der Waals surface area (Å²) in [5, 5.41) is 12.1. The highest BCUT2D eigenvalue weighted by molar-refractivity contribution is 7.86.